The summed E-state index contributed by atoms with van der Waals surface area (Å²) >= 11 is 1.44. The maximum Gasteiger partial charge on any atom is 0.266 e. The van der Waals surface area contributed by atoms with Crippen molar-refractivity contribution in [1.29, 1.82) is 10.5 Å². The molecular weight excluding hydrogens is 456 g/mol. The third-order valence-corrected chi connectivity index (χ3v) is 7.49. The van der Waals surface area contributed by atoms with Crippen molar-refractivity contribution in [2.75, 3.05) is 12.4 Å². The Morgan fingerprint density at radius 1 is 1.11 bits per heavy atom. The minimum absolute atomic E-state index is 0.0406. The average molecular weight is 479 g/mol. The highest BCUT2D eigenvalue weighted by molar-refractivity contribution is 7.16. The normalized spacial score (nSPS) is 13.1. The van der Waals surface area contributed by atoms with Gasteiger partial charge >= 0.3 is 0 Å². The van der Waals surface area contributed by atoms with Crippen LogP contribution in [-0.4, -0.2) is 18.0 Å². The first kappa shape index (κ1) is 22.5. The van der Waals surface area contributed by atoms with Crippen molar-refractivity contribution >= 4 is 39.2 Å². The van der Waals surface area contributed by atoms with Crippen LogP contribution in [0.1, 0.15) is 34.4 Å². The maximum atomic E-state index is 13.2. The van der Waals surface area contributed by atoms with E-state index in [9.17, 15) is 15.3 Å². The molecule has 0 unspecified atom stereocenters. The molecule has 0 atom stereocenters. The number of fused-ring (bicyclic) bond motifs is 2. The van der Waals surface area contributed by atoms with Gasteiger partial charge in [0.25, 0.3) is 5.91 Å². The molecule has 0 saturated heterocycles. The van der Waals surface area contributed by atoms with Crippen molar-refractivity contribution in [3.63, 3.8) is 0 Å². The van der Waals surface area contributed by atoms with Gasteiger partial charge in [0.1, 0.15) is 28.5 Å². The number of H-pyrrole nitrogens is 1. The van der Waals surface area contributed by atoms with Gasteiger partial charge in [-0.15, -0.1) is 11.3 Å². The van der Waals surface area contributed by atoms with Gasteiger partial charge in [0.15, 0.2) is 0 Å². The molecule has 0 aliphatic heterocycles. The molecule has 7 heteroatoms. The Morgan fingerprint density at radius 2 is 1.91 bits per heavy atom. The van der Waals surface area contributed by atoms with Crippen molar-refractivity contribution in [2.45, 2.75) is 25.7 Å². The molecule has 0 spiro atoms. The molecule has 0 radical (unpaired) electrons. The number of carbonyl (C=O) groups is 1. The highest BCUT2D eigenvalue weighted by Gasteiger charge is 2.23. The van der Waals surface area contributed by atoms with E-state index in [1.165, 1.54) is 11.3 Å². The maximum absolute atomic E-state index is 13.2. The Labute approximate surface area is 207 Å². The van der Waals surface area contributed by atoms with E-state index in [0.717, 1.165) is 63.8 Å². The lowest BCUT2D eigenvalue weighted by atomic mass is 9.96. The number of nitrogens with one attached hydrogen (secondary N) is 2. The Kier molecular flexibility index (Phi) is 6.10. The van der Waals surface area contributed by atoms with E-state index in [2.05, 4.69) is 22.4 Å². The lowest BCUT2D eigenvalue weighted by molar-refractivity contribution is -0.112. The van der Waals surface area contributed by atoms with Crippen LogP contribution in [0.25, 0.3) is 28.2 Å². The first-order chi connectivity index (χ1) is 17.1. The van der Waals surface area contributed by atoms with Gasteiger partial charge < -0.3 is 15.0 Å². The number of methoxy groups -OCH3 is 1. The largest absolute Gasteiger partial charge is 0.495 e. The molecule has 2 N–H and O–H groups in total. The first-order valence-electron chi connectivity index (χ1n) is 11.4. The van der Waals surface area contributed by atoms with Crippen molar-refractivity contribution in [1.82, 2.24) is 4.98 Å². The minimum Gasteiger partial charge on any atom is -0.495 e. The molecule has 35 heavy (non-hydrogen) atoms. The van der Waals surface area contributed by atoms with Gasteiger partial charge in [0.2, 0.25) is 0 Å². The standard InChI is InChI=1S/C28H22N4O2S/c1-34-23-12-7-11-20-21(25(31-26(20)23)17-8-3-2-4-9-17)14-18(15-29)27(33)32-28-22(16-30)19-10-5-6-13-24(19)35-28/h2-4,7-9,11-12,14,31H,5-6,10,13H2,1H3,(H,32,33). The molecule has 0 fully saturated rings. The topological polar surface area (TPSA) is 102 Å². The second-order valence-corrected chi connectivity index (χ2v) is 9.42. The Hall–Kier alpha value is -4.33. The van der Waals surface area contributed by atoms with Crippen LogP contribution in [0.3, 0.4) is 0 Å². The summed E-state index contributed by atoms with van der Waals surface area (Å²) in [5, 5.41) is 23.8. The van der Waals surface area contributed by atoms with E-state index in [1.807, 2.05) is 48.5 Å². The number of aromatic amines is 1. The summed E-state index contributed by atoms with van der Waals surface area (Å²) in [5.41, 5.74) is 4.75. The van der Waals surface area contributed by atoms with Gasteiger partial charge in [-0.25, -0.2) is 0 Å². The smallest absolute Gasteiger partial charge is 0.266 e. The zero-order chi connectivity index (χ0) is 24.4. The van der Waals surface area contributed by atoms with E-state index >= 15 is 0 Å². The highest BCUT2D eigenvalue weighted by Crippen LogP contribution is 2.39. The molecule has 2 aromatic carbocycles. The third-order valence-electron chi connectivity index (χ3n) is 6.28. The number of aromatic nitrogens is 1. The van der Waals surface area contributed by atoms with Crippen LogP contribution >= 0.6 is 11.3 Å². The predicted octanol–water partition coefficient (Wildman–Crippen LogP) is 6.20. The number of hydrogen-bond acceptors (Lipinski definition) is 5. The fourth-order valence-electron chi connectivity index (χ4n) is 4.60. The summed E-state index contributed by atoms with van der Waals surface area (Å²) in [7, 11) is 1.61. The molecule has 1 aliphatic carbocycles. The summed E-state index contributed by atoms with van der Waals surface area (Å²) in [5.74, 6) is 0.143. The molecule has 0 saturated carbocycles. The fraction of sp³-hybridized carbons (Fsp3) is 0.179. The van der Waals surface area contributed by atoms with Crippen molar-refractivity contribution in [2.24, 2.45) is 0 Å². The Bertz CT molecular complexity index is 1550. The lowest BCUT2D eigenvalue weighted by Crippen LogP contribution is -2.13. The van der Waals surface area contributed by atoms with Gasteiger partial charge in [-0.1, -0.05) is 42.5 Å². The quantitative estimate of drug-likeness (QED) is 0.263. The van der Waals surface area contributed by atoms with Gasteiger partial charge in [0, 0.05) is 15.8 Å². The molecule has 2 aromatic heterocycles. The van der Waals surface area contributed by atoms with E-state index in [0.29, 0.717) is 16.3 Å². The van der Waals surface area contributed by atoms with Crippen molar-refractivity contribution in [3.05, 3.63) is 75.7 Å². The van der Waals surface area contributed by atoms with Gasteiger partial charge in [-0.05, 0) is 49.0 Å². The zero-order valence-electron chi connectivity index (χ0n) is 19.1. The summed E-state index contributed by atoms with van der Waals surface area (Å²) < 4.78 is 5.53. The second kappa shape index (κ2) is 9.50. The molecule has 2 heterocycles. The number of thiophene rings is 1. The van der Waals surface area contributed by atoms with E-state index in [-0.39, 0.29) is 5.57 Å². The summed E-state index contributed by atoms with van der Waals surface area (Å²) in [4.78, 5) is 17.8. The molecule has 4 aromatic rings. The number of para-hydroxylation sites is 1. The van der Waals surface area contributed by atoms with Gasteiger partial charge in [-0.3, -0.25) is 4.79 Å². The number of benzene rings is 2. The molecule has 172 valence electrons. The van der Waals surface area contributed by atoms with Crippen LogP contribution in [-0.2, 0) is 17.6 Å². The van der Waals surface area contributed by atoms with Crippen molar-refractivity contribution in [3.8, 4) is 29.1 Å². The number of rotatable bonds is 5. The number of carbonyl (C=O) groups excluding carboxylic acids is 1. The first-order valence-corrected chi connectivity index (χ1v) is 12.2. The van der Waals surface area contributed by atoms with Gasteiger partial charge in [-0.2, -0.15) is 10.5 Å². The molecule has 5 rings (SSSR count). The molecule has 6 nitrogen and oxygen atoms in total. The van der Waals surface area contributed by atoms with Crippen LogP contribution in [0, 0.1) is 22.7 Å². The number of nitriles is 2. The zero-order valence-corrected chi connectivity index (χ0v) is 20.0. The molecule has 1 aliphatic rings. The molecule has 0 bridgehead atoms. The number of hydrogen-bond donors (Lipinski definition) is 2. The Morgan fingerprint density at radius 3 is 2.66 bits per heavy atom. The van der Waals surface area contributed by atoms with Crippen LogP contribution in [0.5, 0.6) is 5.75 Å². The fourth-order valence-corrected chi connectivity index (χ4v) is 5.83. The summed E-state index contributed by atoms with van der Waals surface area (Å²) in [6.07, 6.45) is 5.50. The Balaban J connectivity index is 1.59. The highest BCUT2D eigenvalue weighted by atomic mass is 32.1. The van der Waals surface area contributed by atoms with Crippen molar-refractivity contribution < 1.29 is 9.53 Å². The van der Waals surface area contributed by atoms with Crippen LogP contribution in [0.2, 0.25) is 0 Å². The van der Waals surface area contributed by atoms with Crippen LogP contribution in [0.15, 0.2) is 54.1 Å². The monoisotopic (exact) mass is 478 g/mol. The molecular formula is C28H22N4O2S. The van der Waals surface area contributed by atoms with Crippen LogP contribution in [0.4, 0.5) is 5.00 Å². The SMILES string of the molecule is COc1cccc2c(C=C(C#N)C(=O)Nc3sc4c(c3C#N)CCCC4)c(-c3ccccc3)[nH]c12. The number of nitrogens with zero attached hydrogens (tertiary/aromatic N) is 2. The van der Waals surface area contributed by atoms with E-state index in [4.69, 9.17) is 4.74 Å². The van der Waals surface area contributed by atoms with E-state index in [1.54, 1.807) is 13.2 Å². The number of amides is 1. The number of aryl methyl sites for hydroxylation is 1. The van der Waals surface area contributed by atoms with Crippen LogP contribution < -0.4 is 10.1 Å². The number of anilines is 1. The summed E-state index contributed by atoms with van der Waals surface area (Å²) in [6.45, 7) is 0. The van der Waals surface area contributed by atoms with E-state index < -0.39 is 5.91 Å². The lowest BCUT2D eigenvalue weighted by Gasteiger charge is -2.09. The minimum atomic E-state index is -0.529. The van der Waals surface area contributed by atoms with Gasteiger partial charge in [0.05, 0.1) is 23.9 Å². The average Bonchev–Trinajstić information content (AvgIpc) is 3.45. The summed E-state index contributed by atoms with van der Waals surface area (Å²) in [6, 6.07) is 19.7. The predicted molar refractivity (Wildman–Crippen MR) is 138 cm³/mol. The second-order valence-electron chi connectivity index (χ2n) is 8.31. The number of ether oxygens (including phenoxy) is 1. The molecule has 1 amide bonds. The third kappa shape index (κ3) is 4.07.